The van der Waals surface area contributed by atoms with E-state index < -0.39 is 10.0 Å². The van der Waals surface area contributed by atoms with Crippen LogP contribution in [0, 0.1) is 6.92 Å². The Morgan fingerprint density at radius 2 is 1.96 bits per heavy atom. The van der Waals surface area contributed by atoms with Gasteiger partial charge in [-0.2, -0.15) is 4.31 Å². The van der Waals surface area contributed by atoms with Crippen LogP contribution in [0.15, 0.2) is 35.5 Å². The van der Waals surface area contributed by atoms with Gasteiger partial charge in [0.2, 0.25) is 10.0 Å². The zero-order chi connectivity index (χ0) is 19.7. The van der Waals surface area contributed by atoms with Crippen LogP contribution in [0.25, 0.3) is 10.2 Å². The van der Waals surface area contributed by atoms with Crippen molar-refractivity contribution in [3.8, 4) is 5.75 Å². The van der Waals surface area contributed by atoms with Gasteiger partial charge in [0.25, 0.3) is 0 Å². The number of benzene rings is 1. The lowest BCUT2D eigenvalue weighted by molar-refractivity contribution is 0.347. The minimum absolute atomic E-state index is 0.320. The Labute approximate surface area is 168 Å². The lowest BCUT2D eigenvalue weighted by Crippen LogP contribution is -2.35. The average Bonchev–Trinajstić information content (AvgIpc) is 3.06. The van der Waals surface area contributed by atoms with Gasteiger partial charge in [0.05, 0.1) is 12.5 Å². The zero-order valence-electron chi connectivity index (χ0n) is 15.8. The van der Waals surface area contributed by atoms with Crippen molar-refractivity contribution in [1.29, 1.82) is 0 Å². The lowest BCUT2D eigenvalue weighted by Gasteiger charge is -2.26. The molecular formula is C19H22N4O3S2. The Morgan fingerprint density at radius 1 is 1.18 bits per heavy atom. The molecule has 9 heteroatoms. The van der Waals surface area contributed by atoms with Gasteiger partial charge in [-0.05, 0) is 31.9 Å². The molecule has 1 fully saturated rings. The molecule has 28 heavy (non-hydrogen) atoms. The van der Waals surface area contributed by atoms with Crippen LogP contribution in [0.5, 0.6) is 5.75 Å². The standard InChI is InChI=1S/C19H22N4O3S2/c1-13-17(28(24,25)23-9-4-3-5-10-23)16-18(20-12-21-19(16)27-13)22-14-7-6-8-15(11-14)26-2/h6-8,11-12H,3-5,9-10H2,1-2H3,(H,20,21,22). The number of nitrogens with one attached hydrogen (secondary N) is 1. The predicted molar refractivity (Wildman–Crippen MR) is 111 cm³/mol. The van der Waals surface area contributed by atoms with Crippen LogP contribution in [0.2, 0.25) is 0 Å². The Balaban J connectivity index is 1.82. The fraction of sp³-hybridized carbons (Fsp3) is 0.368. The summed E-state index contributed by atoms with van der Waals surface area (Å²) in [5.74, 6) is 1.19. The molecule has 0 amide bonds. The summed E-state index contributed by atoms with van der Waals surface area (Å²) in [6, 6.07) is 7.44. The van der Waals surface area contributed by atoms with Crippen LogP contribution in [0.3, 0.4) is 0 Å². The zero-order valence-corrected chi connectivity index (χ0v) is 17.4. The van der Waals surface area contributed by atoms with E-state index in [1.54, 1.807) is 11.4 Å². The van der Waals surface area contributed by atoms with E-state index in [4.69, 9.17) is 4.74 Å². The molecule has 1 aliphatic heterocycles. The number of fused-ring (bicyclic) bond motifs is 1. The first-order valence-corrected chi connectivity index (χ1v) is 11.4. The average molecular weight is 419 g/mol. The lowest BCUT2D eigenvalue weighted by atomic mass is 10.2. The molecule has 0 aliphatic carbocycles. The van der Waals surface area contributed by atoms with E-state index in [-0.39, 0.29) is 0 Å². The van der Waals surface area contributed by atoms with Gasteiger partial charge in [-0.25, -0.2) is 18.4 Å². The molecule has 0 radical (unpaired) electrons. The minimum Gasteiger partial charge on any atom is -0.497 e. The molecule has 1 N–H and O–H groups in total. The topological polar surface area (TPSA) is 84.4 Å². The third-order valence-corrected chi connectivity index (χ3v) is 8.07. The largest absolute Gasteiger partial charge is 0.497 e. The molecule has 3 heterocycles. The third-order valence-electron chi connectivity index (χ3n) is 4.85. The molecule has 3 aromatic rings. The number of aryl methyl sites for hydroxylation is 1. The number of methoxy groups -OCH3 is 1. The Hall–Kier alpha value is -2.23. The summed E-state index contributed by atoms with van der Waals surface area (Å²) in [6.45, 7) is 2.95. The maximum absolute atomic E-state index is 13.4. The Kier molecular flexibility index (Phi) is 5.22. The van der Waals surface area contributed by atoms with Gasteiger partial charge in [-0.1, -0.05) is 12.5 Å². The number of aromatic nitrogens is 2. The van der Waals surface area contributed by atoms with Crippen LogP contribution in [0.1, 0.15) is 24.1 Å². The molecule has 7 nitrogen and oxygen atoms in total. The van der Waals surface area contributed by atoms with Crippen LogP contribution in [-0.2, 0) is 10.0 Å². The second-order valence-electron chi connectivity index (χ2n) is 6.71. The molecule has 1 saturated heterocycles. The normalized spacial score (nSPS) is 15.6. The fourth-order valence-corrected chi connectivity index (χ4v) is 6.70. The highest BCUT2D eigenvalue weighted by atomic mass is 32.2. The van der Waals surface area contributed by atoms with Crippen LogP contribution in [0.4, 0.5) is 11.5 Å². The highest BCUT2D eigenvalue weighted by Crippen LogP contribution is 2.39. The summed E-state index contributed by atoms with van der Waals surface area (Å²) in [5, 5.41) is 3.80. The van der Waals surface area contributed by atoms with E-state index in [1.165, 1.54) is 17.7 Å². The summed E-state index contributed by atoms with van der Waals surface area (Å²) in [7, 11) is -2.00. The summed E-state index contributed by atoms with van der Waals surface area (Å²) in [6.07, 6.45) is 4.32. The second-order valence-corrected chi connectivity index (χ2v) is 9.79. The fourth-order valence-electron chi connectivity index (χ4n) is 3.50. The summed E-state index contributed by atoms with van der Waals surface area (Å²) in [4.78, 5) is 10.4. The molecule has 1 aromatic carbocycles. The molecule has 0 spiro atoms. The number of hydrogen-bond donors (Lipinski definition) is 1. The van der Waals surface area contributed by atoms with Gasteiger partial charge in [-0.15, -0.1) is 11.3 Å². The first-order chi connectivity index (χ1) is 13.5. The van der Waals surface area contributed by atoms with E-state index in [0.29, 0.717) is 39.8 Å². The van der Waals surface area contributed by atoms with Crippen molar-refractivity contribution in [1.82, 2.24) is 14.3 Å². The van der Waals surface area contributed by atoms with Crippen molar-refractivity contribution >= 4 is 43.1 Å². The molecule has 0 atom stereocenters. The number of anilines is 2. The molecular weight excluding hydrogens is 396 g/mol. The van der Waals surface area contributed by atoms with Crippen molar-refractivity contribution in [3.05, 3.63) is 35.5 Å². The van der Waals surface area contributed by atoms with E-state index >= 15 is 0 Å². The van der Waals surface area contributed by atoms with Crippen molar-refractivity contribution in [2.75, 3.05) is 25.5 Å². The first-order valence-electron chi connectivity index (χ1n) is 9.16. The van der Waals surface area contributed by atoms with E-state index in [1.807, 2.05) is 31.2 Å². The number of rotatable bonds is 5. The van der Waals surface area contributed by atoms with Crippen LogP contribution < -0.4 is 10.1 Å². The van der Waals surface area contributed by atoms with Crippen LogP contribution >= 0.6 is 11.3 Å². The van der Waals surface area contributed by atoms with Crippen molar-refractivity contribution < 1.29 is 13.2 Å². The Bertz CT molecular complexity index is 1110. The number of thiophene rings is 1. The third kappa shape index (κ3) is 3.45. The Morgan fingerprint density at radius 3 is 2.71 bits per heavy atom. The SMILES string of the molecule is COc1cccc(Nc2ncnc3sc(C)c(S(=O)(=O)N4CCCCC4)c23)c1. The monoisotopic (exact) mass is 418 g/mol. The van der Waals surface area contributed by atoms with E-state index in [9.17, 15) is 8.42 Å². The number of hydrogen-bond acceptors (Lipinski definition) is 7. The van der Waals surface area contributed by atoms with Gasteiger partial charge < -0.3 is 10.1 Å². The minimum atomic E-state index is -3.60. The molecule has 0 unspecified atom stereocenters. The molecule has 2 aromatic heterocycles. The molecule has 0 bridgehead atoms. The van der Waals surface area contributed by atoms with E-state index in [0.717, 1.165) is 29.8 Å². The van der Waals surface area contributed by atoms with Crippen molar-refractivity contribution in [3.63, 3.8) is 0 Å². The quantitative estimate of drug-likeness (QED) is 0.676. The molecule has 1 aliphatic rings. The summed E-state index contributed by atoms with van der Waals surface area (Å²) in [5.41, 5.74) is 0.768. The maximum atomic E-state index is 13.4. The molecule has 148 valence electrons. The van der Waals surface area contributed by atoms with Crippen molar-refractivity contribution in [2.24, 2.45) is 0 Å². The van der Waals surface area contributed by atoms with Crippen molar-refractivity contribution in [2.45, 2.75) is 31.1 Å². The van der Waals surface area contributed by atoms with Gasteiger partial charge in [-0.3, -0.25) is 0 Å². The highest BCUT2D eigenvalue weighted by molar-refractivity contribution is 7.89. The smallest absolute Gasteiger partial charge is 0.244 e. The molecule has 0 saturated carbocycles. The van der Waals surface area contributed by atoms with Gasteiger partial charge in [0, 0.05) is 29.7 Å². The number of nitrogens with zero attached hydrogens (tertiary/aromatic N) is 3. The summed E-state index contributed by atoms with van der Waals surface area (Å²) >= 11 is 1.38. The predicted octanol–water partition coefficient (Wildman–Crippen LogP) is 3.93. The first kappa shape index (κ1) is 19.1. The highest BCUT2D eigenvalue weighted by Gasteiger charge is 2.32. The van der Waals surface area contributed by atoms with Crippen LogP contribution in [-0.4, -0.2) is 42.9 Å². The molecule has 4 rings (SSSR count). The number of piperidine rings is 1. The summed E-state index contributed by atoms with van der Waals surface area (Å²) < 4.78 is 33.7. The maximum Gasteiger partial charge on any atom is 0.244 e. The number of sulfonamides is 1. The number of ether oxygens (including phenoxy) is 1. The second kappa shape index (κ2) is 7.65. The van der Waals surface area contributed by atoms with Gasteiger partial charge in [0.1, 0.15) is 27.6 Å². The van der Waals surface area contributed by atoms with Gasteiger partial charge in [0.15, 0.2) is 0 Å². The van der Waals surface area contributed by atoms with E-state index in [2.05, 4.69) is 15.3 Å². The van der Waals surface area contributed by atoms with Gasteiger partial charge >= 0.3 is 0 Å².